The summed E-state index contributed by atoms with van der Waals surface area (Å²) in [6, 6.07) is 2.02. The highest BCUT2D eigenvalue weighted by Gasteiger charge is 2.16. The minimum atomic E-state index is -0.615. The van der Waals surface area contributed by atoms with E-state index in [2.05, 4.69) is 17.3 Å². The standard InChI is InChI=1S/C12H23N3O/c1-4-8-15-11(6-7-14-15)9-13-10-12(3,16)5-2/h6-7,13,16H,4-5,8-10H2,1-3H3. The lowest BCUT2D eigenvalue weighted by atomic mass is 10.0. The molecule has 0 amide bonds. The maximum absolute atomic E-state index is 9.84. The Morgan fingerprint density at radius 1 is 1.50 bits per heavy atom. The van der Waals surface area contributed by atoms with Crippen molar-refractivity contribution in [3.63, 3.8) is 0 Å². The summed E-state index contributed by atoms with van der Waals surface area (Å²) in [5.41, 5.74) is 0.559. The van der Waals surface area contributed by atoms with Crippen molar-refractivity contribution in [3.05, 3.63) is 18.0 Å². The predicted molar refractivity (Wildman–Crippen MR) is 65.1 cm³/mol. The molecule has 1 aromatic rings. The third kappa shape index (κ3) is 3.94. The molecule has 0 saturated carbocycles. The molecule has 0 spiro atoms. The van der Waals surface area contributed by atoms with Gasteiger partial charge in [0, 0.05) is 25.8 Å². The number of nitrogens with zero attached hydrogens (tertiary/aromatic N) is 2. The van der Waals surface area contributed by atoms with Gasteiger partial charge < -0.3 is 10.4 Å². The molecule has 0 aromatic carbocycles. The first-order valence-corrected chi connectivity index (χ1v) is 6.03. The fourth-order valence-corrected chi connectivity index (χ4v) is 1.51. The fourth-order valence-electron chi connectivity index (χ4n) is 1.51. The molecule has 0 aliphatic heterocycles. The number of hydrogen-bond acceptors (Lipinski definition) is 3. The summed E-state index contributed by atoms with van der Waals surface area (Å²) in [7, 11) is 0. The summed E-state index contributed by atoms with van der Waals surface area (Å²) in [6.07, 6.45) is 3.67. The lowest BCUT2D eigenvalue weighted by Crippen LogP contribution is -2.37. The van der Waals surface area contributed by atoms with Crippen LogP contribution in [0.25, 0.3) is 0 Å². The Morgan fingerprint density at radius 2 is 2.25 bits per heavy atom. The van der Waals surface area contributed by atoms with Crippen LogP contribution in [0.1, 0.15) is 39.3 Å². The van der Waals surface area contributed by atoms with Crippen molar-refractivity contribution in [2.45, 2.75) is 52.3 Å². The number of hydrogen-bond donors (Lipinski definition) is 2. The molecule has 0 radical (unpaired) electrons. The zero-order valence-corrected chi connectivity index (χ0v) is 10.5. The molecule has 2 N–H and O–H groups in total. The van der Waals surface area contributed by atoms with Crippen molar-refractivity contribution < 1.29 is 5.11 Å². The van der Waals surface area contributed by atoms with Crippen LogP contribution in [0.3, 0.4) is 0 Å². The Kier molecular flexibility index (Phi) is 4.96. The molecule has 4 heteroatoms. The van der Waals surface area contributed by atoms with Gasteiger partial charge in [-0.3, -0.25) is 4.68 Å². The van der Waals surface area contributed by atoms with Crippen molar-refractivity contribution in [2.24, 2.45) is 0 Å². The lowest BCUT2D eigenvalue weighted by molar-refractivity contribution is 0.0554. The predicted octanol–water partition coefficient (Wildman–Crippen LogP) is 1.54. The Balaban J connectivity index is 2.39. The van der Waals surface area contributed by atoms with Gasteiger partial charge in [0.05, 0.1) is 11.3 Å². The average molecular weight is 225 g/mol. The summed E-state index contributed by atoms with van der Waals surface area (Å²) in [6.45, 7) is 8.30. The summed E-state index contributed by atoms with van der Waals surface area (Å²) >= 11 is 0. The van der Waals surface area contributed by atoms with E-state index in [0.717, 1.165) is 25.9 Å². The van der Waals surface area contributed by atoms with E-state index in [4.69, 9.17) is 0 Å². The first kappa shape index (κ1) is 13.2. The van der Waals surface area contributed by atoms with Crippen LogP contribution in [-0.2, 0) is 13.1 Å². The minimum Gasteiger partial charge on any atom is -0.389 e. The zero-order valence-electron chi connectivity index (χ0n) is 10.5. The Bertz CT molecular complexity index is 307. The molecule has 1 rings (SSSR count). The van der Waals surface area contributed by atoms with E-state index < -0.39 is 5.60 Å². The van der Waals surface area contributed by atoms with E-state index in [-0.39, 0.29) is 0 Å². The largest absolute Gasteiger partial charge is 0.389 e. The van der Waals surface area contributed by atoms with Gasteiger partial charge in [0.15, 0.2) is 0 Å². The van der Waals surface area contributed by atoms with Gasteiger partial charge in [0.25, 0.3) is 0 Å². The van der Waals surface area contributed by atoms with Crippen molar-refractivity contribution in [3.8, 4) is 0 Å². The first-order valence-electron chi connectivity index (χ1n) is 6.03. The van der Waals surface area contributed by atoms with Gasteiger partial charge in [0.1, 0.15) is 0 Å². The van der Waals surface area contributed by atoms with E-state index in [1.165, 1.54) is 5.69 Å². The van der Waals surface area contributed by atoms with E-state index in [9.17, 15) is 5.11 Å². The van der Waals surface area contributed by atoms with Crippen LogP contribution in [0.15, 0.2) is 12.3 Å². The molecular weight excluding hydrogens is 202 g/mol. The third-order valence-corrected chi connectivity index (χ3v) is 2.81. The van der Waals surface area contributed by atoms with Gasteiger partial charge in [-0.15, -0.1) is 0 Å². The van der Waals surface area contributed by atoms with Crippen molar-refractivity contribution >= 4 is 0 Å². The molecule has 1 atom stereocenters. The Labute approximate surface area is 97.7 Å². The van der Waals surface area contributed by atoms with Crippen LogP contribution >= 0.6 is 0 Å². The lowest BCUT2D eigenvalue weighted by Gasteiger charge is -2.21. The number of aryl methyl sites for hydroxylation is 1. The highest BCUT2D eigenvalue weighted by Crippen LogP contribution is 2.07. The number of rotatable bonds is 7. The number of aromatic nitrogens is 2. The number of nitrogens with one attached hydrogen (secondary N) is 1. The van der Waals surface area contributed by atoms with Crippen LogP contribution in [-0.4, -0.2) is 27.0 Å². The van der Waals surface area contributed by atoms with Crippen LogP contribution < -0.4 is 5.32 Å². The molecule has 0 aliphatic carbocycles. The number of aliphatic hydroxyl groups is 1. The maximum Gasteiger partial charge on any atom is 0.0741 e. The second-order valence-electron chi connectivity index (χ2n) is 4.50. The van der Waals surface area contributed by atoms with Crippen molar-refractivity contribution in [2.75, 3.05) is 6.54 Å². The van der Waals surface area contributed by atoms with Crippen LogP contribution in [0.5, 0.6) is 0 Å². The molecule has 1 aromatic heterocycles. The molecule has 16 heavy (non-hydrogen) atoms. The van der Waals surface area contributed by atoms with Gasteiger partial charge in [-0.2, -0.15) is 5.10 Å². The van der Waals surface area contributed by atoms with Gasteiger partial charge in [-0.25, -0.2) is 0 Å². The summed E-state index contributed by atoms with van der Waals surface area (Å²) in [5, 5.41) is 17.4. The molecule has 92 valence electrons. The van der Waals surface area contributed by atoms with E-state index in [1.54, 1.807) is 0 Å². The Morgan fingerprint density at radius 3 is 2.88 bits per heavy atom. The van der Waals surface area contributed by atoms with Gasteiger partial charge in [-0.05, 0) is 25.8 Å². The normalized spacial score (nSPS) is 15.0. The Hall–Kier alpha value is -0.870. The topological polar surface area (TPSA) is 50.1 Å². The van der Waals surface area contributed by atoms with E-state index in [0.29, 0.717) is 6.54 Å². The molecule has 0 aliphatic rings. The fraction of sp³-hybridized carbons (Fsp3) is 0.750. The minimum absolute atomic E-state index is 0.612. The summed E-state index contributed by atoms with van der Waals surface area (Å²) in [5.74, 6) is 0. The van der Waals surface area contributed by atoms with Crippen LogP contribution in [0.4, 0.5) is 0 Å². The SMILES string of the molecule is CCCn1nccc1CNCC(C)(O)CC. The molecule has 1 heterocycles. The van der Waals surface area contributed by atoms with Crippen LogP contribution in [0.2, 0.25) is 0 Å². The first-order chi connectivity index (χ1) is 7.59. The third-order valence-electron chi connectivity index (χ3n) is 2.81. The molecular formula is C12H23N3O. The molecule has 1 unspecified atom stereocenters. The van der Waals surface area contributed by atoms with E-state index >= 15 is 0 Å². The van der Waals surface area contributed by atoms with Crippen molar-refractivity contribution in [1.82, 2.24) is 15.1 Å². The second-order valence-corrected chi connectivity index (χ2v) is 4.50. The summed E-state index contributed by atoms with van der Waals surface area (Å²) in [4.78, 5) is 0. The highest BCUT2D eigenvalue weighted by atomic mass is 16.3. The smallest absolute Gasteiger partial charge is 0.0741 e. The maximum atomic E-state index is 9.84. The zero-order chi connectivity index (χ0) is 12.0. The summed E-state index contributed by atoms with van der Waals surface area (Å²) < 4.78 is 2.01. The van der Waals surface area contributed by atoms with Crippen LogP contribution in [0, 0.1) is 0 Å². The molecule has 0 fully saturated rings. The molecule has 0 bridgehead atoms. The van der Waals surface area contributed by atoms with Gasteiger partial charge >= 0.3 is 0 Å². The molecule has 4 nitrogen and oxygen atoms in total. The van der Waals surface area contributed by atoms with Gasteiger partial charge in [-0.1, -0.05) is 13.8 Å². The van der Waals surface area contributed by atoms with E-state index in [1.807, 2.05) is 30.8 Å². The monoisotopic (exact) mass is 225 g/mol. The molecule has 0 saturated heterocycles. The van der Waals surface area contributed by atoms with Crippen molar-refractivity contribution in [1.29, 1.82) is 0 Å². The highest BCUT2D eigenvalue weighted by molar-refractivity contribution is 5.00. The second kappa shape index (κ2) is 6.01. The average Bonchev–Trinajstić information content (AvgIpc) is 2.66. The quantitative estimate of drug-likeness (QED) is 0.740. The van der Waals surface area contributed by atoms with Gasteiger partial charge in [0.2, 0.25) is 0 Å².